The predicted octanol–water partition coefficient (Wildman–Crippen LogP) is -0.524. The van der Waals surface area contributed by atoms with Crippen molar-refractivity contribution < 1.29 is 9.53 Å². The standard InChI is InChI=1S/C9H19N3O2/c1-3-9(13)14-8-6-12(4-2)7(10)5-11-8/h7-8,11H,3-6,10H2,1-2H3. The lowest BCUT2D eigenvalue weighted by molar-refractivity contribution is -0.153. The Morgan fingerprint density at radius 3 is 2.93 bits per heavy atom. The minimum Gasteiger partial charge on any atom is -0.445 e. The van der Waals surface area contributed by atoms with Crippen molar-refractivity contribution in [1.82, 2.24) is 10.2 Å². The average molecular weight is 201 g/mol. The number of carbonyl (C=O) groups is 1. The molecule has 14 heavy (non-hydrogen) atoms. The molecule has 1 heterocycles. The quantitative estimate of drug-likeness (QED) is 0.601. The van der Waals surface area contributed by atoms with Crippen molar-refractivity contribution in [2.45, 2.75) is 32.7 Å². The molecule has 1 saturated heterocycles. The van der Waals surface area contributed by atoms with E-state index in [2.05, 4.69) is 10.2 Å². The fourth-order valence-corrected chi connectivity index (χ4v) is 1.48. The van der Waals surface area contributed by atoms with Gasteiger partial charge in [-0.3, -0.25) is 15.0 Å². The number of nitrogens with two attached hydrogens (primary N) is 1. The first-order chi connectivity index (χ1) is 6.67. The van der Waals surface area contributed by atoms with E-state index in [9.17, 15) is 4.79 Å². The predicted molar refractivity (Wildman–Crippen MR) is 53.4 cm³/mol. The number of nitrogens with one attached hydrogen (secondary N) is 1. The van der Waals surface area contributed by atoms with Gasteiger partial charge >= 0.3 is 5.97 Å². The van der Waals surface area contributed by atoms with Crippen molar-refractivity contribution in [3.63, 3.8) is 0 Å². The van der Waals surface area contributed by atoms with E-state index in [4.69, 9.17) is 10.5 Å². The number of likely N-dealkylation sites (N-methyl/N-ethyl adjacent to an activating group) is 1. The molecule has 5 nitrogen and oxygen atoms in total. The number of rotatable bonds is 3. The summed E-state index contributed by atoms with van der Waals surface area (Å²) >= 11 is 0. The first-order valence-corrected chi connectivity index (χ1v) is 5.09. The van der Waals surface area contributed by atoms with Gasteiger partial charge in [-0.2, -0.15) is 0 Å². The summed E-state index contributed by atoms with van der Waals surface area (Å²) in [5.74, 6) is -0.172. The number of esters is 1. The van der Waals surface area contributed by atoms with E-state index >= 15 is 0 Å². The van der Waals surface area contributed by atoms with Crippen LogP contribution in [0.3, 0.4) is 0 Å². The summed E-state index contributed by atoms with van der Waals surface area (Å²) in [6.07, 6.45) is 0.231. The number of carbonyl (C=O) groups excluding carboxylic acids is 1. The molecular formula is C9H19N3O2. The Labute approximate surface area is 84.6 Å². The van der Waals surface area contributed by atoms with Crippen molar-refractivity contribution in [2.75, 3.05) is 19.6 Å². The third-order valence-corrected chi connectivity index (χ3v) is 2.39. The van der Waals surface area contributed by atoms with Crippen molar-refractivity contribution in [1.29, 1.82) is 0 Å². The van der Waals surface area contributed by atoms with Crippen LogP contribution in [-0.4, -0.2) is 42.9 Å². The zero-order chi connectivity index (χ0) is 10.6. The molecule has 1 aliphatic heterocycles. The third-order valence-electron chi connectivity index (χ3n) is 2.39. The van der Waals surface area contributed by atoms with Crippen LogP contribution in [0.25, 0.3) is 0 Å². The van der Waals surface area contributed by atoms with Gasteiger partial charge in [0.1, 0.15) is 0 Å². The summed E-state index contributed by atoms with van der Waals surface area (Å²) in [6.45, 7) is 6.04. The van der Waals surface area contributed by atoms with Crippen LogP contribution in [0.4, 0.5) is 0 Å². The SMILES string of the molecule is CCC(=O)OC1CN(CC)C(N)CN1. The number of piperazine rings is 1. The summed E-state index contributed by atoms with van der Waals surface area (Å²) in [6, 6.07) is 0. The fourth-order valence-electron chi connectivity index (χ4n) is 1.48. The molecule has 0 spiro atoms. The Morgan fingerprint density at radius 2 is 2.36 bits per heavy atom. The van der Waals surface area contributed by atoms with E-state index in [1.165, 1.54) is 0 Å². The van der Waals surface area contributed by atoms with E-state index in [-0.39, 0.29) is 18.4 Å². The van der Waals surface area contributed by atoms with Gasteiger partial charge in [0, 0.05) is 13.0 Å². The fraction of sp³-hybridized carbons (Fsp3) is 0.889. The molecule has 0 amide bonds. The molecule has 0 aromatic carbocycles. The zero-order valence-corrected chi connectivity index (χ0v) is 8.82. The van der Waals surface area contributed by atoms with Gasteiger partial charge in [-0.05, 0) is 6.54 Å². The average Bonchev–Trinajstić information content (AvgIpc) is 2.20. The lowest BCUT2D eigenvalue weighted by Gasteiger charge is -2.37. The topological polar surface area (TPSA) is 67.6 Å². The van der Waals surface area contributed by atoms with Crippen LogP contribution >= 0.6 is 0 Å². The molecule has 5 heteroatoms. The van der Waals surface area contributed by atoms with E-state index in [0.29, 0.717) is 19.5 Å². The van der Waals surface area contributed by atoms with Gasteiger partial charge in [-0.1, -0.05) is 13.8 Å². The molecule has 0 radical (unpaired) electrons. The van der Waals surface area contributed by atoms with Gasteiger partial charge in [0.15, 0.2) is 6.23 Å². The maximum atomic E-state index is 11.0. The van der Waals surface area contributed by atoms with Crippen molar-refractivity contribution >= 4 is 5.97 Å². The molecule has 0 saturated carbocycles. The highest BCUT2D eigenvalue weighted by molar-refractivity contribution is 5.69. The Bertz CT molecular complexity index is 198. The van der Waals surface area contributed by atoms with Crippen molar-refractivity contribution in [3.8, 4) is 0 Å². The van der Waals surface area contributed by atoms with Crippen molar-refractivity contribution in [3.05, 3.63) is 0 Å². The Balaban J connectivity index is 2.38. The highest BCUT2D eigenvalue weighted by Crippen LogP contribution is 2.04. The molecule has 0 aliphatic carbocycles. The largest absolute Gasteiger partial charge is 0.445 e. The van der Waals surface area contributed by atoms with Gasteiger partial charge < -0.3 is 10.5 Å². The molecule has 82 valence electrons. The Kier molecular flexibility index (Phi) is 4.31. The summed E-state index contributed by atoms with van der Waals surface area (Å²) in [7, 11) is 0. The molecule has 0 aromatic rings. The molecule has 3 N–H and O–H groups in total. The van der Waals surface area contributed by atoms with E-state index in [1.54, 1.807) is 6.92 Å². The van der Waals surface area contributed by atoms with Crippen LogP contribution in [0.15, 0.2) is 0 Å². The number of nitrogens with zero attached hydrogens (tertiary/aromatic N) is 1. The lowest BCUT2D eigenvalue weighted by Crippen LogP contribution is -2.60. The normalized spacial score (nSPS) is 28.8. The monoisotopic (exact) mass is 201 g/mol. The Hall–Kier alpha value is -0.650. The molecular weight excluding hydrogens is 182 g/mol. The maximum Gasteiger partial charge on any atom is 0.307 e. The molecule has 1 fully saturated rings. The van der Waals surface area contributed by atoms with Gasteiger partial charge in [0.2, 0.25) is 0 Å². The van der Waals surface area contributed by atoms with Gasteiger partial charge in [-0.25, -0.2) is 0 Å². The lowest BCUT2D eigenvalue weighted by atomic mass is 10.3. The van der Waals surface area contributed by atoms with Gasteiger partial charge in [-0.15, -0.1) is 0 Å². The van der Waals surface area contributed by atoms with Gasteiger partial charge in [0.25, 0.3) is 0 Å². The number of hydrogen-bond acceptors (Lipinski definition) is 5. The first kappa shape index (κ1) is 11.4. The van der Waals surface area contributed by atoms with Crippen LogP contribution < -0.4 is 11.1 Å². The Morgan fingerprint density at radius 1 is 1.64 bits per heavy atom. The van der Waals surface area contributed by atoms with Crippen LogP contribution in [0.2, 0.25) is 0 Å². The summed E-state index contributed by atoms with van der Waals surface area (Å²) < 4.78 is 5.17. The minimum atomic E-state index is -0.206. The number of hydrogen-bond donors (Lipinski definition) is 2. The molecule has 2 atom stereocenters. The van der Waals surface area contributed by atoms with E-state index in [0.717, 1.165) is 6.54 Å². The highest BCUT2D eigenvalue weighted by Gasteiger charge is 2.25. The second kappa shape index (κ2) is 5.29. The second-order valence-corrected chi connectivity index (χ2v) is 3.40. The van der Waals surface area contributed by atoms with Crippen LogP contribution in [-0.2, 0) is 9.53 Å². The van der Waals surface area contributed by atoms with E-state index < -0.39 is 0 Å². The molecule has 0 bridgehead atoms. The highest BCUT2D eigenvalue weighted by atomic mass is 16.6. The number of ether oxygens (including phenoxy) is 1. The zero-order valence-electron chi connectivity index (χ0n) is 8.82. The summed E-state index contributed by atoms with van der Waals surface area (Å²) in [5, 5.41) is 3.09. The smallest absolute Gasteiger partial charge is 0.307 e. The second-order valence-electron chi connectivity index (χ2n) is 3.40. The summed E-state index contributed by atoms with van der Waals surface area (Å²) in [4.78, 5) is 13.1. The first-order valence-electron chi connectivity index (χ1n) is 5.09. The van der Waals surface area contributed by atoms with Gasteiger partial charge in [0.05, 0.1) is 12.7 Å². The van der Waals surface area contributed by atoms with Crippen LogP contribution in [0.1, 0.15) is 20.3 Å². The third kappa shape index (κ3) is 2.94. The summed E-state index contributed by atoms with van der Waals surface area (Å²) in [5.41, 5.74) is 5.84. The van der Waals surface area contributed by atoms with Crippen molar-refractivity contribution in [2.24, 2.45) is 5.73 Å². The van der Waals surface area contributed by atoms with Crippen LogP contribution in [0, 0.1) is 0 Å². The minimum absolute atomic E-state index is 0.0246. The molecule has 2 unspecified atom stereocenters. The molecule has 0 aromatic heterocycles. The molecule has 1 rings (SSSR count). The molecule has 1 aliphatic rings. The maximum absolute atomic E-state index is 11.0. The van der Waals surface area contributed by atoms with E-state index in [1.807, 2.05) is 6.92 Å². The van der Waals surface area contributed by atoms with Crippen LogP contribution in [0.5, 0.6) is 0 Å².